The van der Waals surface area contributed by atoms with E-state index in [9.17, 15) is 4.79 Å². The van der Waals surface area contributed by atoms with E-state index in [0.29, 0.717) is 5.69 Å². The molecule has 122 valence electrons. The summed E-state index contributed by atoms with van der Waals surface area (Å²) in [6.07, 6.45) is 3.99. The Morgan fingerprint density at radius 3 is 2.91 bits per heavy atom. The number of amides is 1. The molecule has 1 saturated heterocycles. The van der Waals surface area contributed by atoms with Gasteiger partial charge in [-0.1, -0.05) is 0 Å². The number of nitrogens with one attached hydrogen (secondary N) is 3. The highest BCUT2D eigenvalue weighted by Gasteiger charge is 2.17. The zero-order chi connectivity index (χ0) is 13.9. The number of hydrogen-bond donors (Lipinski definition) is 3. The lowest BCUT2D eigenvalue weighted by atomic mass is 10.1. The average Bonchev–Trinajstić information content (AvgIpc) is 3.08. The second-order valence-corrected chi connectivity index (χ2v) is 6.13. The molecule has 22 heavy (non-hydrogen) atoms. The quantitative estimate of drug-likeness (QED) is 0.785. The predicted molar refractivity (Wildman–Crippen MR) is 94.5 cm³/mol. The summed E-state index contributed by atoms with van der Waals surface area (Å²) in [6.45, 7) is 3.87. The van der Waals surface area contributed by atoms with Crippen molar-refractivity contribution in [2.75, 3.05) is 13.1 Å². The fraction of sp³-hybridized carbons (Fsp3) is 0.429. The van der Waals surface area contributed by atoms with Gasteiger partial charge in [-0.3, -0.25) is 4.79 Å². The number of aromatic nitrogens is 2. The molecule has 1 atom stereocenters. The van der Waals surface area contributed by atoms with Crippen LogP contribution in [0.3, 0.4) is 0 Å². The van der Waals surface area contributed by atoms with E-state index >= 15 is 0 Å². The Morgan fingerprint density at radius 1 is 1.45 bits per heavy atom. The normalized spacial score (nSPS) is 17.2. The highest BCUT2D eigenvalue weighted by atomic mass is 35.5. The average molecular weight is 363 g/mol. The van der Waals surface area contributed by atoms with Gasteiger partial charge in [0.15, 0.2) is 0 Å². The van der Waals surface area contributed by atoms with Crippen LogP contribution in [0.4, 0.5) is 0 Å². The number of aryl methyl sites for hydroxylation is 1. The Morgan fingerprint density at radius 2 is 2.27 bits per heavy atom. The van der Waals surface area contributed by atoms with Crippen molar-refractivity contribution in [3.8, 4) is 11.3 Å². The fourth-order valence-electron chi connectivity index (χ4n) is 2.41. The van der Waals surface area contributed by atoms with Crippen molar-refractivity contribution in [1.82, 2.24) is 20.6 Å². The first-order valence-electron chi connectivity index (χ1n) is 6.85. The molecule has 1 fully saturated rings. The molecular weight excluding hydrogens is 343 g/mol. The van der Waals surface area contributed by atoms with Gasteiger partial charge in [0.25, 0.3) is 5.91 Å². The molecule has 0 aliphatic carbocycles. The van der Waals surface area contributed by atoms with Crippen molar-refractivity contribution in [3.63, 3.8) is 0 Å². The number of aromatic amines is 1. The van der Waals surface area contributed by atoms with Crippen molar-refractivity contribution in [1.29, 1.82) is 0 Å². The number of hydrogen-bond acceptors (Lipinski definition) is 4. The third-order valence-electron chi connectivity index (χ3n) is 3.47. The van der Waals surface area contributed by atoms with Crippen LogP contribution in [0.15, 0.2) is 17.6 Å². The summed E-state index contributed by atoms with van der Waals surface area (Å²) >= 11 is 1.61. The summed E-state index contributed by atoms with van der Waals surface area (Å²) in [5, 5.41) is 9.38. The molecule has 0 saturated carbocycles. The molecule has 1 amide bonds. The number of rotatable bonds is 3. The summed E-state index contributed by atoms with van der Waals surface area (Å²) < 4.78 is 0. The van der Waals surface area contributed by atoms with E-state index in [2.05, 4.69) is 20.6 Å². The Labute approximate surface area is 146 Å². The number of piperidine rings is 1. The summed E-state index contributed by atoms with van der Waals surface area (Å²) in [7, 11) is 0. The number of carbonyl (C=O) groups is 1. The van der Waals surface area contributed by atoms with Crippen LogP contribution in [0, 0.1) is 6.92 Å². The zero-order valence-corrected chi connectivity index (χ0v) is 14.7. The molecule has 8 heteroatoms. The van der Waals surface area contributed by atoms with Gasteiger partial charge >= 0.3 is 0 Å². The van der Waals surface area contributed by atoms with Gasteiger partial charge in [-0.25, -0.2) is 4.98 Å². The molecule has 0 spiro atoms. The predicted octanol–water partition coefficient (Wildman–Crippen LogP) is 2.77. The molecule has 2 aromatic rings. The molecule has 3 rings (SSSR count). The summed E-state index contributed by atoms with van der Waals surface area (Å²) in [5.41, 5.74) is 2.47. The van der Waals surface area contributed by atoms with Crippen LogP contribution in [-0.2, 0) is 0 Å². The lowest BCUT2D eigenvalue weighted by molar-refractivity contribution is 0.0926. The lowest BCUT2D eigenvalue weighted by Gasteiger charge is -2.23. The van der Waals surface area contributed by atoms with Crippen molar-refractivity contribution in [3.05, 3.63) is 28.3 Å². The smallest absolute Gasteiger partial charge is 0.267 e. The monoisotopic (exact) mass is 362 g/mol. The van der Waals surface area contributed by atoms with Crippen molar-refractivity contribution in [2.24, 2.45) is 0 Å². The maximum atomic E-state index is 12.2. The molecule has 5 nitrogen and oxygen atoms in total. The van der Waals surface area contributed by atoms with E-state index in [1.807, 2.05) is 24.6 Å². The first-order chi connectivity index (χ1) is 9.72. The summed E-state index contributed by atoms with van der Waals surface area (Å²) in [6, 6.07) is 2.09. The highest BCUT2D eigenvalue weighted by Crippen LogP contribution is 2.22. The van der Waals surface area contributed by atoms with Crippen LogP contribution in [0.25, 0.3) is 11.3 Å². The Bertz CT molecular complexity index is 608. The van der Waals surface area contributed by atoms with Gasteiger partial charge in [0.1, 0.15) is 5.69 Å². The van der Waals surface area contributed by atoms with Crippen LogP contribution >= 0.6 is 36.2 Å². The zero-order valence-electron chi connectivity index (χ0n) is 12.2. The fourth-order valence-corrected chi connectivity index (χ4v) is 3.03. The minimum atomic E-state index is -0.0445. The van der Waals surface area contributed by atoms with Crippen LogP contribution in [-0.4, -0.2) is 35.0 Å². The van der Waals surface area contributed by atoms with Crippen LogP contribution < -0.4 is 10.6 Å². The Kier molecular flexibility index (Phi) is 7.35. The van der Waals surface area contributed by atoms with Gasteiger partial charge < -0.3 is 15.6 Å². The Hall–Kier alpha value is -1.08. The van der Waals surface area contributed by atoms with Crippen LogP contribution in [0.5, 0.6) is 0 Å². The van der Waals surface area contributed by atoms with Gasteiger partial charge in [-0.05, 0) is 32.4 Å². The molecule has 1 aliphatic rings. The molecule has 0 radical (unpaired) electrons. The van der Waals surface area contributed by atoms with E-state index in [1.54, 1.807) is 11.3 Å². The van der Waals surface area contributed by atoms with Gasteiger partial charge in [-0.2, -0.15) is 0 Å². The minimum absolute atomic E-state index is 0. The first kappa shape index (κ1) is 19.0. The van der Waals surface area contributed by atoms with Gasteiger partial charge in [-0.15, -0.1) is 36.2 Å². The van der Waals surface area contributed by atoms with Gasteiger partial charge in [0.05, 0.1) is 10.7 Å². The molecule has 1 unspecified atom stereocenters. The molecule has 0 bridgehead atoms. The van der Waals surface area contributed by atoms with Crippen molar-refractivity contribution in [2.45, 2.75) is 25.8 Å². The van der Waals surface area contributed by atoms with E-state index in [4.69, 9.17) is 0 Å². The molecule has 2 aromatic heterocycles. The van der Waals surface area contributed by atoms with E-state index in [-0.39, 0.29) is 36.8 Å². The first-order valence-corrected chi connectivity index (χ1v) is 7.73. The van der Waals surface area contributed by atoms with Crippen molar-refractivity contribution < 1.29 is 4.79 Å². The van der Waals surface area contributed by atoms with Gasteiger partial charge in [0, 0.05) is 29.7 Å². The molecular formula is C14H20Cl2N4OS. The maximum Gasteiger partial charge on any atom is 0.267 e. The van der Waals surface area contributed by atoms with Crippen molar-refractivity contribution >= 4 is 42.1 Å². The van der Waals surface area contributed by atoms with E-state index in [1.165, 1.54) is 0 Å². The number of carbonyl (C=O) groups excluding carboxylic acids is 1. The molecule has 1 aliphatic heterocycles. The van der Waals surface area contributed by atoms with Crippen LogP contribution in [0.2, 0.25) is 0 Å². The van der Waals surface area contributed by atoms with Crippen LogP contribution in [0.1, 0.15) is 28.3 Å². The SMILES string of the molecule is Cc1nc(-c2c[nH]c(C(=O)NC3CCCNC3)c2)cs1.Cl.Cl. The lowest BCUT2D eigenvalue weighted by Crippen LogP contribution is -2.45. The molecule has 3 N–H and O–H groups in total. The number of nitrogens with zero attached hydrogens (tertiary/aromatic N) is 1. The second kappa shape index (κ2) is 8.53. The standard InChI is InChI=1S/C14H18N4OS.2ClH/c1-9-17-13(8-20-9)10-5-12(16-6-10)14(19)18-11-3-2-4-15-7-11;;/h5-6,8,11,15-16H,2-4,7H2,1H3,(H,18,19);2*1H. The Balaban J connectivity index is 0.00000121. The number of H-pyrrole nitrogens is 1. The third kappa shape index (κ3) is 4.46. The summed E-state index contributed by atoms with van der Waals surface area (Å²) in [4.78, 5) is 19.6. The van der Waals surface area contributed by atoms with Gasteiger partial charge in [0.2, 0.25) is 0 Å². The number of thiazole rings is 1. The van der Waals surface area contributed by atoms with E-state index < -0.39 is 0 Å². The second-order valence-electron chi connectivity index (χ2n) is 5.07. The molecule has 0 aromatic carbocycles. The molecule has 3 heterocycles. The topological polar surface area (TPSA) is 69.8 Å². The maximum absolute atomic E-state index is 12.2. The minimum Gasteiger partial charge on any atom is -0.357 e. The number of halogens is 2. The summed E-state index contributed by atoms with van der Waals surface area (Å²) in [5.74, 6) is -0.0445. The highest BCUT2D eigenvalue weighted by molar-refractivity contribution is 7.09. The van der Waals surface area contributed by atoms with E-state index in [0.717, 1.165) is 42.2 Å². The largest absolute Gasteiger partial charge is 0.357 e. The third-order valence-corrected chi connectivity index (χ3v) is 4.25.